The van der Waals surface area contributed by atoms with Gasteiger partial charge < -0.3 is 21.7 Å². The molecule has 0 bridgehead atoms. The van der Waals surface area contributed by atoms with E-state index in [1.165, 1.54) is 4.90 Å². The minimum absolute atomic E-state index is 0.0170. The van der Waals surface area contributed by atoms with Gasteiger partial charge in [0.25, 0.3) is 0 Å². The third kappa shape index (κ3) is 4.70. The topological polar surface area (TPSA) is 119 Å². The van der Waals surface area contributed by atoms with Gasteiger partial charge in [-0.15, -0.1) is 0 Å². The van der Waals surface area contributed by atoms with Crippen LogP contribution >= 0.6 is 15.9 Å². The van der Waals surface area contributed by atoms with Gasteiger partial charge in [0.05, 0.1) is 12.5 Å². The Morgan fingerprint density at radius 1 is 1.29 bits per heavy atom. The normalized spacial score (nSPS) is 18.7. The van der Waals surface area contributed by atoms with E-state index >= 15 is 0 Å². The number of carbonyl (C=O) groups is 3. The lowest BCUT2D eigenvalue weighted by molar-refractivity contribution is -0.141. The van der Waals surface area contributed by atoms with Crippen LogP contribution < -0.4 is 16.8 Å². The van der Waals surface area contributed by atoms with Gasteiger partial charge in [0.1, 0.15) is 6.04 Å². The van der Waals surface area contributed by atoms with Crippen LogP contribution in [0.25, 0.3) is 0 Å². The van der Waals surface area contributed by atoms with Crippen LogP contribution in [0.5, 0.6) is 0 Å². The van der Waals surface area contributed by atoms with Crippen molar-refractivity contribution in [3.63, 3.8) is 0 Å². The third-order valence-corrected chi connectivity index (χ3v) is 4.59. The summed E-state index contributed by atoms with van der Waals surface area (Å²) < 4.78 is 0.830. The fourth-order valence-electron chi connectivity index (χ4n) is 2.97. The molecule has 5 N–H and O–H groups in total. The van der Waals surface area contributed by atoms with Crippen molar-refractivity contribution in [1.82, 2.24) is 10.2 Å². The predicted octanol–water partition coefficient (Wildman–Crippen LogP) is 1.41. The average Bonchev–Trinajstić information content (AvgIpc) is 2.53. The molecule has 1 aliphatic rings. The smallest absolute Gasteiger partial charge is 0.312 e. The second-order valence-electron chi connectivity index (χ2n) is 5.82. The zero-order valence-electron chi connectivity index (χ0n) is 13.2. The van der Waals surface area contributed by atoms with Gasteiger partial charge in [-0.25, -0.2) is 4.79 Å². The van der Waals surface area contributed by atoms with Gasteiger partial charge in [0, 0.05) is 11.0 Å². The second-order valence-corrected chi connectivity index (χ2v) is 6.74. The van der Waals surface area contributed by atoms with Crippen LogP contribution in [-0.2, 0) is 9.59 Å². The first-order valence-corrected chi connectivity index (χ1v) is 8.58. The van der Waals surface area contributed by atoms with Crippen molar-refractivity contribution in [3.8, 4) is 0 Å². The molecule has 0 spiro atoms. The molecule has 24 heavy (non-hydrogen) atoms. The summed E-state index contributed by atoms with van der Waals surface area (Å²) >= 11 is 3.37. The SMILES string of the molecule is NC(=O)NC(CC(=O)N1CCCCC1C(N)=O)c1cccc(Br)c1. The Morgan fingerprint density at radius 2 is 2.04 bits per heavy atom. The fourth-order valence-corrected chi connectivity index (χ4v) is 3.38. The maximum Gasteiger partial charge on any atom is 0.312 e. The van der Waals surface area contributed by atoms with Gasteiger partial charge in [-0.05, 0) is 37.0 Å². The Morgan fingerprint density at radius 3 is 2.67 bits per heavy atom. The molecule has 0 aliphatic carbocycles. The van der Waals surface area contributed by atoms with Crippen molar-refractivity contribution in [3.05, 3.63) is 34.3 Å². The molecule has 7 nitrogen and oxygen atoms in total. The van der Waals surface area contributed by atoms with Gasteiger partial charge in [0.2, 0.25) is 11.8 Å². The lowest BCUT2D eigenvalue weighted by atomic mass is 9.98. The zero-order chi connectivity index (χ0) is 17.7. The van der Waals surface area contributed by atoms with Crippen LogP contribution in [0.2, 0.25) is 0 Å². The van der Waals surface area contributed by atoms with Gasteiger partial charge in [-0.2, -0.15) is 0 Å². The molecule has 130 valence electrons. The summed E-state index contributed by atoms with van der Waals surface area (Å²) in [6.45, 7) is 0.494. The molecule has 4 amide bonds. The van der Waals surface area contributed by atoms with Crippen LogP contribution in [0.3, 0.4) is 0 Å². The highest BCUT2D eigenvalue weighted by molar-refractivity contribution is 9.10. The highest BCUT2D eigenvalue weighted by Gasteiger charge is 2.32. The molecular weight excluding hydrogens is 376 g/mol. The monoisotopic (exact) mass is 396 g/mol. The molecule has 1 aromatic carbocycles. The Hall–Kier alpha value is -2.09. The number of amides is 4. The molecule has 2 rings (SSSR count). The molecule has 0 aromatic heterocycles. The van der Waals surface area contributed by atoms with E-state index in [4.69, 9.17) is 11.5 Å². The van der Waals surface area contributed by atoms with E-state index in [1.54, 1.807) is 6.07 Å². The molecule has 1 aliphatic heterocycles. The van der Waals surface area contributed by atoms with Crippen molar-refractivity contribution >= 4 is 33.8 Å². The lowest BCUT2D eigenvalue weighted by Gasteiger charge is -2.34. The number of halogens is 1. The number of hydrogen-bond acceptors (Lipinski definition) is 3. The number of nitrogens with zero attached hydrogens (tertiary/aromatic N) is 1. The summed E-state index contributed by atoms with van der Waals surface area (Å²) in [6, 6.07) is 5.42. The molecule has 1 heterocycles. The summed E-state index contributed by atoms with van der Waals surface area (Å²) in [7, 11) is 0. The fraction of sp³-hybridized carbons (Fsp3) is 0.438. The standard InChI is InChI=1S/C16H21BrN4O3/c17-11-5-3-4-10(8-11)12(20-16(19)24)9-14(22)21-7-2-1-6-13(21)15(18)23/h3-5,8,12-13H,1-2,6-7,9H2,(H2,18,23)(H3,19,20,24). The molecule has 2 atom stereocenters. The third-order valence-electron chi connectivity index (χ3n) is 4.10. The lowest BCUT2D eigenvalue weighted by Crippen LogP contribution is -2.51. The molecule has 1 aromatic rings. The van der Waals surface area contributed by atoms with E-state index in [-0.39, 0.29) is 12.3 Å². The van der Waals surface area contributed by atoms with Crippen LogP contribution in [0.15, 0.2) is 28.7 Å². The Kier molecular flexibility index (Phi) is 6.19. The number of rotatable bonds is 5. The van der Waals surface area contributed by atoms with Crippen molar-refractivity contribution < 1.29 is 14.4 Å². The Balaban J connectivity index is 2.17. The van der Waals surface area contributed by atoms with Gasteiger partial charge in [-0.3, -0.25) is 9.59 Å². The summed E-state index contributed by atoms with van der Waals surface area (Å²) in [4.78, 5) is 37.1. The van der Waals surface area contributed by atoms with Crippen LogP contribution in [0.4, 0.5) is 4.79 Å². The zero-order valence-corrected chi connectivity index (χ0v) is 14.8. The maximum absolute atomic E-state index is 12.7. The maximum atomic E-state index is 12.7. The van der Waals surface area contributed by atoms with Crippen molar-refractivity contribution in [1.29, 1.82) is 0 Å². The van der Waals surface area contributed by atoms with Crippen LogP contribution in [0.1, 0.15) is 37.3 Å². The number of benzene rings is 1. The molecular formula is C16H21BrN4O3. The Labute approximate surface area is 148 Å². The first-order chi connectivity index (χ1) is 11.4. The van der Waals surface area contributed by atoms with Gasteiger partial charge in [-0.1, -0.05) is 28.1 Å². The molecule has 2 unspecified atom stereocenters. The first-order valence-electron chi connectivity index (χ1n) is 7.78. The molecule has 8 heteroatoms. The molecule has 0 radical (unpaired) electrons. The average molecular weight is 397 g/mol. The number of nitrogens with one attached hydrogen (secondary N) is 1. The van der Waals surface area contributed by atoms with Crippen molar-refractivity contribution in [2.75, 3.05) is 6.54 Å². The summed E-state index contributed by atoms with van der Waals surface area (Å²) in [5.41, 5.74) is 11.4. The van der Waals surface area contributed by atoms with E-state index in [2.05, 4.69) is 21.2 Å². The quantitative estimate of drug-likeness (QED) is 0.697. The largest absolute Gasteiger partial charge is 0.368 e. The predicted molar refractivity (Wildman–Crippen MR) is 92.8 cm³/mol. The summed E-state index contributed by atoms with van der Waals surface area (Å²) in [5.74, 6) is -0.720. The van der Waals surface area contributed by atoms with Crippen molar-refractivity contribution in [2.45, 2.75) is 37.8 Å². The van der Waals surface area contributed by atoms with Gasteiger partial charge >= 0.3 is 6.03 Å². The summed E-state index contributed by atoms with van der Waals surface area (Å²) in [6.07, 6.45) is 2.29. The van der Waals surface area contributed by atoms with E-state index in [9.17, 15) is 14.4 Å². The molecule has 0 saturated carbocycles. The number of piperidine rings is 1. The van der Waals surface area contributed by atoms with E-state index in [0.717, 1.165) is 22.9 Å². The number of nitrogens with two attached hydrogens (primary N) is 2. The van der Waals surface area contributed by atoms with E-state index < -0.39 is 24.0 Å². The van der Waals surface area contributed by atoms with E-state index in [1.807, 2.05) is 18.2 Å². The highest BCUT2D eigenvalue weighted by Crippen LogP contribution is 2.24. The van der Waals surface area contributed by atoms with Crippen LogP contribution in [-0.4, -0.2) is 35.3 Å². The first kappa shape index (κ1) is 18.3. The Bertz CT molecular complexity index is 638. The minimum Gasteiger partial charge on any atom is -0.368 e. The highest BCUT2D eigenvalue weighted by atomic mass is 79.9. The summed E-state index contributed by atoms with van der Waals surface area (Å²) in [5, 5.41) is 2.59. The second kappa shape index (κ2) is 8.14. The molecule has 1 saturated heterocycles. The minimum atomic E-state index is -0.710. The van der Waals surface area contributed by atoms with Gasteiger partial charge in [0.15, 0.2) is 0 Å². The number of likely N-dealkylation sites (tertiary alicyclic amines) is 1. The number of primary amides is 2. The number of carbonyl (C=O) groups excluding carboxylic acids is 3. The number of urea groups is 1. The molecule has 1 fully saturated rings. The van der Waals surface area contributed by atoms with Crippen LogP contribution in [0, 0.1) is 0 Å². The van der Waals surface area contributed by atoms with E-state index in [0.29, 0.717) is 13.0 Å². The number of hydrogen-bond donors (Lipinski definition) is 3. The van der Waals surface area contributed by atoms with Crippen molar-refractivity contribution in [2.24, 2.45) is 11.5 Å².